The highest BCUT2D eigenvalue weighted by Gasteiger charge is 2.45. The van der Waals surface area contributed by atoms with Gasteiger partial charge in [-0.1, -0.05) is 17.4 Å². The van der Waals surface area contributed by atoms with E-state index in [1.54, 1.807) is 46.3 Å². The molecule has 4 N–H and O–H groups in total. The number of carbonyl (C=O) groups is 5. The standard InChI is InChI=1S/C46H49N11O8S/c1-27(2)51-35-23-36(37-11-10-31-22-28(24-47)25-50-57(31)37)49-26-33(35)44-55-54-43(66-44)29-6-8-30(9-7-29)52-40(59)14-16-63-18-20-65-21-19-64-17-15-48-34-5-3-4-32-41(34)46(62)56(45(32)61)38-12-13-39(58)53-42(38)60/h3-5,10-11,14,16,22-23,25-27,29-30,38,48H,6-9,12-13,15,17-21H2,1-2H3,(H,49,51)(H,52,59)(H,53,58,60)/t29-,30-,38?. The lowest BCUT2D eigenvalue weighted by atomic mass is 9.86. The summed E-state index contributed by atoms with van der Waals surface area (Å²) in [6, 6.07) is 13.8. The number of fused-ring (bicyclic) bond motifs is 2. The van der Waals surface area contributed by atoms with Gasteiger partial charge in [-0.15, -0.1) is 10.2 Å². The Morgan fingerprint density at radius 2 is 1.74 bits per heavy atom. The molecule has 2 fully saturated rings. The Hall–Kier alpha value is -7.08. The number of rotatable bonds is 19. The number of imide groups is 2. The highest BCUT2D eigenvalue weighted by Crippen LogP contribution is 2.39. The quantitative estimate of drug-likeness (QED) is 0.0375. The van der Waals surface area contributed by atoms with Crippen molar-refractivity contribution in [2.24, 2.45) is 0 Å². The van der Waals surface area contributed by atoms with Gasteiger partial charge in [0.25, 0.3) is 11.8 Å². The number of nitrogens with zero attached hydrogens (tertiary/aromatic N) is 7. The minimum atomic E-state index is -1.03. The van der Waals surface area contributed by atoms with Gasteiger partial charge in [0.05, 0.1) is 78.0 Å². The number of nitrogens with one attached hydrogen (secondary N) is 4. The zero-order valence-corrected chi connectivity index (χ0v) is 37.3. The van der Waals surface area contributed by atoms with Crippen molar-refractivity contribution >= 4 is 57.8 Å². The van der Waals surface area contributed by atoms with E-state index in [9.17, 15) is 29.2 Å². The van der Waals surface area contributed by atoms with Gasteiger partial charge in [-0.3, -0.25) is 39.2 Å². The van der Waals surface area contributed by atoms with E-state index in [1.165, 1.54) is 12.3 Å². The van der Waals surface area contributed by atoms with Crippen LogP contribution in [0.5, 0.6) is 0 Å². The van der Waals surface area contributed by atoms with Crippen LogP contribution in [0.3, 0.4) is 0 Å². The number of benzene rings is 1. The Morgan fingerprint density at radius 1 is 0.939 bits per heavy atom. The van der Waals surface area contributed by atoms with Gasteiger partial charge in [-0.25, -0.2) is 4.52 Å². The van der Waals surface area contributed by atoms with E-state index in [2.05, 4.69) is 56.5 Å². The topological polar surface area (TPSA) is 244 Å². The van der Waals surface area contributed by atoms with Gasteiger partial charge >= 0.3 is 0 Å². The van der Waals surface area contributed by atoms with Crippen LogP contribution in [0.25, 0.3) is 27.5 Å². The fourth-order valence-corrected chi connectivity index (χ4v) is 9.26. The minimum absolute atomic E-state index is 0.0459. The predicted molar refractivity (Wildman–Crippen MR) is 242 cm³/mol. The van der Waals surface area contributed by atoms with Crippen LogP contribution in [0.2, 0.25) is 0 Å². The number of hydrogen-bond donors (Lipinski definition) is 4. The largest absolute Gasteiger partial charge is 0.499 e. The van der Waals surface area contributed by atoms with Crippen molar-refractivity contribution < 1.29 is 38.2 Å². The molecule has 2 aliphatic heterocycles. The third kappa shape index (κ3) is 10.4. The maximum absolute atomic E-state index is 13.2. The molecule has 0 bridgehead atoms. The van der Waals surface area contributed by atoms with E-state index in [0.29, 0.717) is 44.2 Å². The molecule has 4 aromatic heterocycles. The number of anilines is 2. The van der Waals surface area contributed by atoms with Crippen LogP contribution in [0, 0.1) is 11.3 Å². The van der Waals surface area contributed by atoms with Crippen LogP contribution in [0.1, 0.15) is 89.6 Å². The van der Waals surface area contributed by atoms with Gasteiger partial charge in [0.2, 0.25) is 17.7 Å². The van der Waals surface area contributed by atoms with Crippen molar-refractivity contribution in [3.8, 4) is 28.0 Å². The third-order valence-electron chi connectivity index (χ3n) is 11.4. The molecule has 0 radical (unpaired) electrons. The Balaban J connectivity index is 0.704. The fraction of sp³-hybridized carbons (Fsp3) is 0.391. The van der Waals surface area contributed by atoms with Crippen LogP contribution in [0.15, 0.2) is 67.2 Å². The SMILES string of the molecule is CC(C)Nc1cc(-c2ccc3cc(C#N)cnn23)ncc1-c1nnc([C@H]2CC[C@H](NC(=O)C=COCCOCCOCCNc3cccc4c3C(=O)N(C3CCC(=O)NC3=O)C4=O)CC2)s1. The van der Waals surface area contributed by atoms with Gasteiger partial charge in [0, 0.05) is 54.6 Å². The number of amides is 5. The molecule has 1 saturated heterocycles. The number of ether oxygens (including phenoxy) is 3. The van der Waals surface area contributed by atoms with E-state index in [0.717, 1.165) is 68.8 Å². The number of hydrogen-bond acceptors (Lipinski definition) is 16. The Kier molecular flexibility index (Phi) is 14.4. The van der Waals surface area contributed by atoms with Crippen molar-refractivity contribution in [2.75, 3.05) is 50.2 Å². The van der Waals surface area contributed by atoms with Gasteiger partial charge in [0.15, 0.2) is 5.01 Å². The number of carbonyl (C=O) groups excluding carboxylic acids is 5. The molecule has 66 heavy (non-hydrogen) atoms. The maximum Gasteiger partial charge on any atom is 0.264 e. The summed E-state index contributed by atoms with van der Waals surface area (Å²) in [5.41, 5.74) is 5.46. The summed E-state index contributed by atoms with van der Waals surface area (Å²) in [5.74, 6) is -2.20. The summed E-state index contributed by atoms with van der Waals surface area (Å²) in [6.45, 7) is 6.00. The monoisotopic (exact) mass is 915 g/mol. The van der Waals surface area contributed by atoms with E-state index in [-0.39, 0.29) is 54.5 Å². The van der Waals surface area contributed by atoms with E-state index in [1.807, 2.05) is 24.4 Å². The normalized spacial score (nSPS) is 18.5. The first-order valence-corrected chi connectivity index (χ1v) is 22.7. The van der Waals surface area contributed by atoms with E-state index in [4.69, 9.17) is 19.2 Å². The summed E-state index contributed by atoms with van der Waals surface area (Å²) in [7, 11) is 0. The molecule has 3 aliphatic rings. The van der Waals surface area contributed by atoms with Crippen molar-refractivity contribution in [3.05, 3.63) is 88.9 Å². The number of aromatic nitrogens is 5. The number of piperidine rings is 1. The highest BCUT2D eigenvalue weighted by atomic mass is 32.1. The Bertz CT molecular complexity index is 2700. The minimum Gasteiger partial charge on any atom is -0.499 e. The van der Waals surface area contributed by atoms with Crippen molar-refractivity contribution in [1.82, 2.24) is 40.3 Å². The lowest BCUT2D eigenvalue weighted by Gasteiger charge is -2.27. The first-order chi connectivity index (χ1) is 32.1. The average molecular weight is 916 g/mol. The van der Waals surface area contributed by atoms with Crippen LogP contribution in [-0.4, -0.2) is 117 Å². The van der Waals surface area contributed by atoms with E-state index >= 15 is 0 Å². The second kappa shape index (κ2) is 20.8. The predicted octanol–water partition coefficient (Wildman–Crippen LogP) is 4.83. The highest BCUT2D eigenvalue weighted by molar-refractivity contribution is 7.14. The zero-order chi connectivity index (χ0) is 46.2. The van der Waals surface area contributed by atoms with Gasteiger partial charge in [0.1, 0.15) is 23.7 Å². The van der Waals surface area contributed by atoms with Crippen LogP contribution in [-0.2, 0) is 28.6 Å². The second-order valence-electron chi connectivity index (χ2n) is 16.3. The van der Waals surface area contributed by atoms with Gasteiger partial charge in [-0.05, 0) is 82.3 Å². The first-order valence-electron chi connectivity index (χ1n) is 21.9. The summed E-state index contributed by atoms with van der Waals surface area (Å²) in [4.78, 5) is 68.6. The average Bonchev–Trinajstić information content (AvgIpc) is 4.03. The third-order valence-corrected chi connectivity index (χ3v) is 12.5. The molecule has 8 rings (SSSR count). The molecule has 20 heteroatoms. The molecule has 5 aromatic rings. The fourth-order valence-electron chi connectivity index (χ4n) is 8.22. The van der Waals surface area contributed by atoms with Gasteiger partial charge < -0.3 is 30.2 Å². The van der Waals surface area contributed by atoms with Crippen LogP contribution >= 0.6 is 11.3 Å². The summed E-state index contributed by atoms with van der Waals surface area (Å²) in [6.07, 6.45) is 9.63. The smallest absolute Gasteiger partial charge is 0.264 e. The maximum atomic E-state index is 13.2. The van der Waals surface area contributed by atoms with Crippen LogP contribution in [0.4, 0.5) is 11.4 Å². The lowest BCUT2D eigenvalue weighted by molar-refractivity contribution is -0.136. The molecule has 1 aliphatic carbocycles. The molecule has 0 spiro atoms. The summed E-state index contributed by atoms with van der Waals surface area (Å²) < 4.78 is 18.4. The molecule has 1 aromatic carbocycles. The number of pyridine rings is 1. The summed E-state index contributed by atoms with van der Waals surface area (Å²) in [5, 5.41) is 36.6. The molecular weight excluding hydrogens is 867 g/mol. The molecule has 6 heterocycles. The molecule has 19 nitrogen and oxygen atoms in total. The van der Waals surface area contributed by atoms with Gasteiger partial charge in [-0.2, -0.15) is 10.4 Å². The molecule has 342 valence electrons. The second-order valence-corrected chi connectivity index (χ2v) is 17.3. The van der Waals surface area contributed by atoms with Crippen molar-refractivity contribution in [2.45, 2.75) is 76.4 Å². The molecular formula is C46H49N11O8S. The van der Waals surface area contributed by atoms with Crippen molar-refractivity contribution in [1.29, 1.82) is 5.26 Å². The van der Waals surface area contributed by atoms with E-state index < -0.39 is 29.7 Å². The first kappa shape index (κ1) is 45.5. The Morgan fingerprint density at radius 3 is 2.53 bits per heavy atom. The lowest BCUT2D eigenvalue weighted by Crippen LogP contribution is -2.54. The zero-order valence-electron chi connectivity index (χ0n) is 36.5. The Labute approximate surface area is 383 Å². The molecule has 1 unspecified atom stereocenters. The molecule has 5 amide bonds. The van der Waals surface area contributed by atoms with Crippen molar-refractivity contribution in [3.63, 3.8) is 0 Å². The molecule has 1 saturated carbocycles. The summed E-state index contributed by atoms with van der Waals surface area (Å²) >= 11 is 1.57. The van der Waals surface area contributed by atoms with Crippen LogP contribution < -0.4 is 21.3 Å². The number of nitriles is 1. The molecule has 1 atom stereocenters.